The van der Waals surface area contributed by atoms with E-state index in [0.717, 1.165) is 50.2 Å². The molecule has 0 spiro atoms. The van der Waals surface area contributed by atoms with Crippen LogP contribution in [0.25, 0.3) is 0 Å². The Labute approximate surface area is 213 Å². The SMILES string of the molecule is CN1C=C(C(=O)NCCCN2CCC(c3ccc(F)cc3C#N)CC2)C(c2ccc(F)c(F)c2)NC1=O. The van der Waals surface area contributed by atoms with Gasteiger partial charge < -0.3 is 20.4 Å². The van der Waals surface area contributed by atoms with Gasteiger partial charge in [0.25, 0.3) is 5.91 Å². The molecule has 1 saturated heterocycles. The van der Waals surface area contributed by atoms with Crippen molar-refractivity contribution in [2.24, 2.45) is 0 Å². The van der Waals surface area contributed by atoms with Crippen molar-refractivity contribution in [1.82, 2.24) is 20.4 Å². The molecule has 2 aromatic carbocycles. The smallest absolute Gasteiger partial charge is 0.321 e. The highest BCUT2D eigenvalue weighted by molar-refractivity contribution is 5.97. The second-order valence-electron chi connectivity index (χ2n) is 9.32. The summed E-state index contributed by atoms with van der Waals surface area (Å²) in [5.74, 6) is -2.66. The monoisotopic (exact) mass is 511 g/mol. The summed E-state index contributed by atoms with van der Waals surface area (Å²) in [6.07, 6.45) is 3.82. The minimum absolute atomic E-state index is 0.213. The molecule has 4 rings (SSSR count). The van der Waals surface area contributed by atoms with E-state index >= 15 is 0 Å². The van der Waals surface area contributed by atoms with Gasteiger partial charge in [0, 0.05) is 19.8 Å². The van der Waals surface area contributed by atoms with Crippen molar-refractivity contribution >= 4 is 11.9 Å². The van der Waals surface area contributed by atoms with Crippen LogP contribution in [0.1, 0.15) is 47.9 Å². The van der Waals surface area contributed by atoms with Gasteiger partial charge in [-0.2, -0.15) is 5.26 Å². The zero-order valence-corrected chi connectivity index (χ0v) is 20.4. The summed E-state index contributed by atoms with van der Waals surface area (Å²) in [4.78, 5) is 28.6. The minimum atomic E-state index is -1.06. The molecule has 7 nitrogen and oxygen atoms in total. The van der Waals surface area contributed by atoms with E-state index in [-0.39, 0.29) is 17.1 Å². The summed E-state index contributed by atoms with van der Waals surface area (Å²) in [6, 6.07) is 8.39. The number of likely N-dealkylation sites (tertiary alicyclic amines) is 1. The first-order valence-corrected chi connectivity index (χ1v) is 12.2. The molecule has 0 aromatic heterocycles. The van der Waals surface area contributed by atoms with Crippen molar-refractivity contribution in [2.45, 2.75) is 31.2 Å². The van der Waals surface area contributed by atoms with Gasteiger partial charge in [-0.3, -0.25) is 4.79 Å². The molecule has 2 aromatic rings. The fraction of sp³-hybridized carbons (Fsp3) is 0.370. The molecule has 1 fully saturated rings. The van der Waals surface area contributed by atoms with E-state index in [1.807, 2.05) is 0 Å². The maximum atomic E-state index is 13.8. The zero-order chi connectivity index (χ0) is 26.5. The number of nitrogens with zero attached hydrogens (tertiary/aromatic N) is 3. The van der Waals surface area contributed by atoms with Crippen LogP contribution in [0.3, 0.4) is 0 Å². The van der Waals surface area contributed by atoms with Gasteiger partial charge in [0.05, 0.1) is 23.2 Å². The third-order valence-corrected chi connectivity index (χ3v) is 6.87. The van der Waals surface area contributed by atoms with E-state index in [1.165, 1.54) is 36.3 Å². The summed E-state index contributed by atoms with van der Waals surface area (Å²) >= 11 is 0. The van der Waals surface area contributed by atoms with Crippen LogP contribution in [-0.4, -0.2) is 55.0 Å². The number of nitrogens with one attached hydrogen (secondary N) is 2. The summed E-state index contributed by atoms with van der Waals surface area (Å²) in [5.41, 5.74) is 1.78. The first-order valence-electron chi connectivity index (χ1n) is 12.2. The summed E-state index contributed by atoms with van der Waals surface area (Å²) in [6.45, 7) is 2.83. The molecular weight excluding hydrogens is 483 g/mol. The number of hydrogen-bond acceptors (Lipinski definition) is 4. The lowest BCUT2D eigenvalue weighted by Gasteiger charge is -2.32. The Morgan fingerprint density at radius 3 is 2.59 bits per heavy atom. The number of nitriles is 1. The van der Waals surface area contributed by atoms with Crippen LogP contribution in [0.4, 0.5) is 18.0 Å². The number of amides is 3. The third-order valence-electron chi connectivity index (χ3n) is 6.87. The molecule has 0 saturated carbocycles. The molecule has 2 aliphatic heterocycles. The lowest BCUT2D eigenvalue weighted by molar-refractivity contribution is -0.118. The normalized spacial score (nSPS) is 18.7. The lowest BCUT2D eigenvalue weighted by Crippen LogP contribution is -2.45. The van der Waals surface area contributed by atoms with Crippen LogP contribution in [0.15, 0.2) is 48.2 Å². The van der Waals surface area contributed by atoms with Crippen LogP contribution >= 0.6 is 0 Å². The molecule has 2 N–H and O–H groups in total. The fourth-order valence-corrected chi connectivity index (χ4v) is 4.84. The largest absolute Gasteiger partial charge is 0.352 e. The van der Waals surface area contributed by atoms with Crippen LogP contribution in [0.5, 0.6) is 0 Å². The van der Waals surface area contributed by atoms with Gasteiger partial charge in [0.1, 0.15) is 5.82 Å². The minimum Gasteiger partial charge on any atom is -0.352 e. The predicted octanol–water partition coefficient (Wildman–Crippen LogP) is 3.94. The van der Waals surface area contributed by atoms with Gasteiger partial charge in [-0.1, -0.05) is 12.1 Å². The van der Waals surface area contributed by atoms with Gasteiger partial charge in [0.2, 0.25) is 0 Å². The molecule has 2 aliphatic rings. The van der Waals surface area contributed by atoms with E-state index < -0.39 is 35.4 Å². The summed E-state index contributed by atoms with van der Waals surface area (Å²) in [5, 5.41) is 14.8. The van der Waals surface area contributed by atoms with E-state index in [1.54, 1.807) is 6.07 Å². The van der Waals surface area contributed by atoms with Crippen LogP contribution in [-0.2, 0) is 4.79 Å². The third kappa shape index (κ3) is 6.12. The van der Waals surface area contributed by atoms with Crippen molar-refractivity contribution in [3.05, 3.63) is 82.3 Å². The number of benzene rings is 2. The number of carbonyl (C=O) groups is 2. The molecule has 1 unspecified atom stereocenters. The molecule has 0 aliphatic carbocycles. The average Bonchev–Trinajstić information content (AvgIpc) is 2.89. The first kappa shape index (κ1) is 26.2. The Hall–Kier alpha value is -3.84. The second-order valence-corrected chi connectivity index (χ2v) is 9.32. The van der Waals surface area contributed by atoms with Gasteiger partial charge >= 0.3 is 6.03 Å². The highest BCUT2D eigenvalue weighted by Gasteiger charge is 2.31. The van der Waals surface area contributed by atoms with Crippen LogP contribution in [0, 0.1) is 28.8 Å². The van der Waals surface area contributed by atoms with Gasteiger partial charge in [-0.25, -0.2) is 18.0 Å². The van der Waals surface area contributed by atoms with Crippen molar-refractivity contribution in [1.29, 1.82) is 5.26 Å². The Morgan fingerprint density at radius 1 is 1.14 bits per heavy atom. The molecule has 3 amide bonds. The standard InChI is InChI=1S/C27H28F3N5O2/c1-34-16-22(25(33-27(34)37)18-3-6-23(29)24(30)14-18)26(36)32-9-2-10-35-11-7-17(8-12-35)21-5-4-20(28)13-19(21)15-31/h3-6,13-14,16-17,25H,2,7-12H2,1H3,(H,32,36)(H,33,37). The number of hydrogen-bond donors (Lipinski definition) is 2. The topological polar surface area (TPSA) is 88.5 Å². The van der Waals surface area contributed by atoms with Crippen molar-refractivity contribution < 1.29 is 22.8 Å². The Balaban J connectivity index is 1.28. The Kier molecular flexibility index (Phi) is 8.14. The number of urea groups is 1. The molecule has 10 heteroatoms. The number of carbonyl (C=O) groups excluding carboxylic acids is 2. The molecule has 0 radical (unpaired) electrons. The quantitative estimate of drug-likeness (QED) is 0.552. The number of halogens is 3. The Morgan fingerprint density at radius 2 is 1.89 bits per heavy atom. The highest BCUT2D eigenvalue weighted by Crippen LogP contribution is 2.31. The van der Waals surface area contributed by atoms with Crippen molar-refractivity contribution in [2.75, 3.05) is 33.2 Å². The Bertz CT molecular complexity index is 1250. The fourth-order valence-electron chi connectivity index (χ4n) is 4.84. The predicted molar refractivity (Wildman–Crippen MR) is 131 cm³/mol. The van der Waals surface area contributed by atoms with Gasteiger partial charge in [0.15, 0.2) is 11.6 Å². The molecule has 0 bridgehead atoms. The highest BCUT2D eigenvalue weighted by atomic mass is 19.2. The summed E-state index contributed by atoms with van der Waals surface area (Å²) in [7, 11) is 1.50. The second kappa shape index (κ2) is 11.5. The van der Waals surface area contributed by atoms with E-state index in [0.29, 0.717) is 18.5 Å². The van der Waals surface area contributed by atoms with Gasteiger partial charge in [-0.05, 0) is 80.2 Å². The van der Waals surface area contributed by atoms with E-state index in [4.69, 9.17) is 0 Å². The van der Waals surface area contributed by atoms with Crippen LogP contribution < -0.4 is 10.6 Å². The molecular formula is C27H28F3N5O2. The van der Waals surface area contributed by atoms with Gasteiger partial charge in [-0.15, -0.1) is 0 Å². The van der Waals surface area contributed by atoms with E-state index in [2.05, 4.69) is 21.6 Å². The molecule has 37 heavy (non-hydrogen) atoms. The van der Waals surface area contributed by atoms with Crippen molar-refractivity contribution in [3.63, 3.8) is 0 Å². The lowest BCUT2D eigenvalue weighted by atomic mass is 9.86. The summed E-state index contributed by atoms with van der Waals surface area (Å²) < 4.78 is 40.6. The van der Waals surface area contributed by atoms with Crippen molar-refractivity contribution in [3.8, 4) is 6.07 Å². The number of rotatable bonds is 7. The zero-order valence-electron chi connectivity index (χ0n) is 20.4. The van der Waals surface area contributed by atoms with E-state index in [9.17, 15) is 28.0 Å². The average molecular weight is 512 g/mol. The maximum Gasteiger partial charge on any atom is 0.321 e. The first-order chi connectivity index (χ1) is 17.8. The number of piperidine rings is 1. The molecule has 2 heterocycles. The molecule has 194 valence electrons. The van der Waals surface area contributed by atoms with Crippen LogP contribution in [0.2, 0.25) is 0 Å². The maximum absolute atomic E-state index is 13.8. The molecule has 1 atom stereocenters.